The molecule has 0 radical (unpaired) electrons. The van der Waals surface area contributed by atoms with Crippen LogP contribution in [0.25, 0.3) is 0 Å². The van der Waals surface area contributed by atoms with E-state index in [-0.39, 0.29) is 23.1 Å². The smallest absolute Gasteiger partial charge is 0.343 e. The van der Waals surface area contributed by atoms with Crippen molar-refractivity contribution in [2.45, 2.75) is 26.8 Å². The van der Waals surface area contributed by atoms with Crippen LogP contribution in [-0.4, -0.2) is 50.4 Å². The number of hydrogen-bond acceptors (Lipinski definition) is 7. The normalized spacial score (nSPS) is 11.7. The van der Waals surface area contributed by atoms with E-state index in [0.717, 1.165) is 0 Å². The summed E-state index contributed by atoms with van der Waals surface area (Å²) in [5.74, 6) is -0.992. The molecule has 35 heavy (non-hydrogen) atoms. The molecule has 1 atom stereocenters. The molecule has 0 spiro atoms. The van der Waals surface area contributed by atoms with Gasteiger partial charge in [0.25, 0.3) is 11.8 Å². The van der Waals surface area contributed by atoms with Crippen LogP contribution in [0.1, 0.15) is 36.7 Å². The molecule has 0 aliphatic heterocycles. The molecule has 2 aromatic rings. The van der Waals surface area contributed by atoms with Gasteiger partial charge in [0.1, 0.15) is 6.04 Å². The number of halogens is 2. The zero-order valence-corrected chi connectivity index (χ0v) is 21.3. The van der Waals surface area contributed by atoms with Gasteiger partial charge >= 0.3 is 5.97 Å². The van der Waals surface area contributed by atoms with E-state index in [1.165, 1.54) is 25.5 Å². The predicted molar refractivity (Wildman–Crippen MR) is 133 cm³/mol. The lowest BCUT2D eigenvalue weighted by atomic mass is 10.0. The maximum Gasteiger partial charge on any atom is 0.343 e. The number of nitrogens with zero attached hydrogens (tertiary/aromatic N) is 1. The second kappa shape index (κ2) is 13.6. The lowest BCUT2D eigenvalue weighted by molar-refractivity contribution is -0.142. The molecule has 0 aliphatic carbocycles. The van der Waals surface area contributed by atoms with Crippen molar-refractivity contribution < 1.29 is 28.6 Å². The molecule has 0 fully saturated rings. The highest BCUT2D eigenvalue weighted by Crippen LogP contribution is 2.28. The van der Waals surface area contributed by atoms with Gasteiger partial charge < -0.3 is 19.5 Å². The summed E-state index contributed by atoms with van der Waals surface area (Å²) in [7, 11) is 1.27. The van der Waals surface area contributed by atoms with E-state index in [0.29, 0.717) is 28.7 Å². The highest BCUT2D eigenvalue weighted by Gasteiger charge is 2.25. The molecule has 0 aromatic heterocycles. The fraction of sp³-hybridized carbons (Fsp3) is 0.333. The van der Waals surface area contributed by atoms with Gasteiger partial charge in [0, 0.05) is 5.02 Å². The quantitative estimate of drug-likeness (QED) is 0.262. The fourth-order valence-electron chi connectivity index (χ4n) is 2.86. The minimum atomic E-state index is -0.862. The Morgan fingerprint density at radius 3 is 2.43 bits per heavy atom. The van der Waals surface area contributed by atoms with Gasteiger partial charge in [-0.3, -0.25) is 9.59 Å². The number of rotatable bonds is 11. The Bertz CT molecular complexity index is 1090. The standard InChI is InChI=1S/C24H27Cl2N3O6/c1-5-34-20-10-15(6-9-19(20)35-13-21(30)33-4)12-27-29-24(32)22(14(2)3)28-23(31)17-8-7-16(25)11-18(17)26/h6-12,14,22H,5,13H2,1-4H3,(H,28,31)(H,29,32)/b27-12+. The average molecular weight is 524 g/mol. The van der Waals surface area contributed by atoms with Crippen LogP contribution >= 0.6 is 23.2 Å². The summed E-state index contributed by atoms with van der Waals surface area (Å²) in [5, 5.41) is 7.24. The molecule has 2 aromatic carbocycles. The van der Waals surface area contributed by atoms with E-state index < -0.39 is 23.8 Å². The molecule has 0 aliphatic rings. The Hall–Kier alpha value is -3.30. The molecule has 0 heterocycles. The number of nitrogens with one attached hydrogen (secondary N) is 2. The predicted octanol–water partition coefficient (Wildman–Crippen LogP) is 3.85. The van der Waals surface area contributed by atoms with Crippen molar-refractivity contribution in [2.24, 2.45) is 11.0 Å². The molecular formula is C24H27Cl2N3O6. The third kappa shape index (κ3) is 8.45. The number of carbonyl (C=O) groups excluding carboxylic acids is 3. The monoisotopic (exact) mass is 523 g/mol. The SMILES string of the molecule is CCOc1cc(/C=N/NC(=O)C(NC(=O)c2ccc(Cl)cc2Cl)C(C)C)ccc1OCC(=O)OC. The first kappa shape index (κ1) is 27.9. The van der Waals surface area contributed by atoms with Crippen LogP contribution < -0.4 is 20.2 Å². The summed E-state index contributed by atoms with van der Waals surface area (Å²) in [6, 6.07) is 8.56. The summed E-state index contributed by atoms with van der Waals surface area (Å²) < 4.78 is 15.5. The zero-order chi connectivity index (χ0) is 26.0. The molecule has 1 unspecified atom stereocenters. The summed E-state index contributed by atoms with van der Waals surface area (Å²) in [5.41, 5.74) is 3.25. The Balaban J connectivity index is 2.07. The van der Waals surface area contributed by atoms with Crippen molar-refractivity contribution in [3.05, 3.63) is 57.6 Å². The molecule has 2 rings (SSSR count). The third-order valence-electron chi connectivity index (χ3n) is 4.64. The van der Waals surface area contributed by atoms with Gasteiger partial charge in [-0.2, -0.15) is 5.10 Å². The number of benzene rings is 2. The number of carbonyl (C=O) groups is 3. The van der Waals surface area contributed by atoms with Gasteiger partial charge in [-0.05, 0) is 54.8 Å². The molecule has 0 saturated carbocycles. The van der Waals surface area contributed by atoms with E-state index in [1.54, 1.807) is 38.1 Å². The molecule has 2 amide bonds. The first-order chi connectivity index (χ1) is 16.7. The summed E-state index contributed by atoms with van der Waals surface area (Å²) >= 11 is 12.0. The lowest BCUT2D eigenvalue weighted by Crippen LogP contribution is -2.48. The van der Waals surface area contributed by atoms with Crippen LogP contribution in [0.3, 0.4) is 0 Å². The van der Waals surface area contributed by atoms with E-state index in [4.69, 9.17) is 32.7 Å². The topological polar surface area (TPSA) is 115 Å². The number of amides is 2. The Labute approximate surface area is 213 Å². The van der Waals surface area contributed by atoms with Gasteiger partial charge in [0.05, 0.1) is 30.5 Å². The lowest BCUT2D eigenvalue weighted by Gasteiger charge is -2.20. The van der Waals surface area contributed by atoms with Crippen molar-refractivity contribution >= 4 is 47.2 Å². The van der Waals surface area contributed by atoms with Crippen molar-refractivity contribution in [1.29, 1.82) is 0 Å². The van der Waals surface area contributed by atoms with Crippen LogP contribution in [0.5, 0.6) is 11.5 Å². The first-order valence-corrected chi connectivity index (χ1v) is 11.5. The van der Waals surface area contributed by atoms with Crippen molar-refractivity contribution in [2.75, 3.05) is 20.3 Å². The number of hydrogen-bond donors (Lipinski definition) is 2. The molecule has 11 heteroatoms. The molecule has 188 valence electrons. The Morgan fingerprint density at radius 2 is 1.80 bits per heavy atom. The van der Waals surface area contributed by atoms with Gasteiger partial charge in [-0.1, -0.05) is 37.0 Å². The van der Waals surface area contributed by atoms with Crippen molar-refractivity contribution in [1.82, 2.24) is 10.7 Å². The first-order valence-electron chi connectivity index (χ1n) is 10.7. The summed E-state index contributed by atoms with van der Waals surface area (Å²) in [4.78, 5) is 36.6. The van der Waals surface area contributed by atoms with Crippen LogP contribution in [0.15, 0.2) is 41.5 Å². The molecule has 9 nitrogen and oxygen atoms in total. The molecule has 2 N–H and O–H groups in total. The Kier molecular flexibility index (Phi) is 10.8. The zero-order valence-electron chi connectivity index (χ0n) is 19.8. The van der Waals surface area contributed by atoms with Crippen molar-refractivity contribution in [3.63, 3.8) is 0 Å². The van der Waals surface area contributed by atoms with Gasteiger partial charge in [-0.15, -0.1) is 0 Å². The fourth-order valence-corrected chi connectivity index (χ4v) is 3.35. The van der Waals surface area contributed by atoms with Crippen LogP contribution in [0, 0.1) is 5.92 Å². The largest absolute Gasteiger partial charge is 0.490 e. The van der Waals surface area contributed by atoms with Crippen molar-refractivity contribution in [3.8, 4) is 11.5 Å². The van der Waals surface area contributed by atoms with E-state index in [9.17, 15) is 14.4 Å². The van der Waals surface area contributed by atoms with E-state index >= 15 is 0 Å². The molecule has 0 saturated heterocycles. The second-order valence-corrected chi connectivity index (χ2v) is 8.40. The van der Waals surface area contributed by atoms with Crippen LogP contribution in [0.2, 0.25) is 10.0 Å². The molecule has 0 bridgehead atoms. The highest BCUT2D eigenvalue weighted by molar-refractivity contribution is 6.36. The Morgan fingerprint density at radius 1 is 1.06 bits per heavy atom. The van der Waals surface area contributed by atoms with Crippen LogP contribution in [0.4, 0.5) is 0 Å². The molecular weight excluding hydrogens is 497 g/mol. The maximum atomic E-state index is 12.7. The van der Waals surface area contributed by atoms with E-state index in [2.05, 4.69) is 20.6 Å². The third-order valence-corrected chi connectivity index (χ3v) is 5.19. The maximum absolute atomic E-state index is 12.7. The minimum Gasteiger partial charge on any atom is -0.490 e. The second-order valence-electron chi connectivity index (χ2n) is 7.56. The van der Waals surface area contributed by atoms with Gasteiger partial charge in [0.15, 0.2) is 18.1 Å². The van der Waals surface area contributed by atoms with E-state index in [1.807, 2.05) is 6.92 Å². The average Bonchev–Trinajstić information content (AvgIpc) is 2.81. The number of hydrazone groups is 1. The number of esters is 1. The van der Waals surface area contributed by atoms with Gasteiger partial charge in [-0.25, -0.2) is 10.2 Å². The van der Waals surface area contributed by atoms with Gasteiger partial charge in [0.2, 0.25) is 0 Å². The number of ether oxygens (including phenoxy) is 3. The number of methoxy groups -OCH3 is 1. The minimum absolute atomic E-state index is 0.181. The summed E-state index contributed by atoms with van der Waals surface area (Å²) in [6.07, 6.45) is 1.42. The van der Waals surface area contributed by atoms with Crippen LogP contribution in [-0.2, 0) is 14.3 Å². The highest BCUT2D eigenvalue weighted by atomic mass is 35.5. The summed E-state index contributed by atoms with van der Waals surface area (Å²) in [6.45, 7) is 5.50.